The topological polar surface area (TPSA) is 45.0 Å². The second kappa shape index (κ2) is 5.29. The Hall–Kier alpha value is -1.39. The average molecular weight is 312 g/mol. The van der Waals surface area contributed by atoms with Crippen LogP contribution in [0.4, 0.5) is 11.4 Å². The van der Waals surface area contributed by atoms with Crippen LogP contribution in [0.25, 0.3) is 0 Å². The molecule has 0 saturated heterocycles. The zero-order valence-electron chi connectivity index (χ0n) is 8.64. The van der Waals surface area contributed by atoms with Crippen molar-refractivity contribution in [3.8, 4) is 5.75 Å². The van der Waals surface area contributed by atoms with Crippen LogP contribution in [0.5, 0.6) is 5.75 Å². The highest BCUT2D eigenvalue weighted by Gasteiger charge is 2.00. The van der Waals surface area contributed by atoms with E-state index in [4.69, 9.17) is 11.6 Å². The van der Waals surface area contributed by atoms with Gasteiger partial charge in [0.05, 0.1) is 5.69 Å². The molecule has 1 N–H and O–H groups in total. The molecule has 0 atom stereocenters. The molecule has 0 amide bonds. The lowest BCUT2D eigenvalue weighted by Crippen LogP contribution is -1.69. The van der Waals surface area contributed by atoms with Crippen LogP contribution in [-0.2, 0) is 0 Å². The Labute approximate surface area is 112 Å². The number of azo groups is 1. The van der Waals surface area contributed by atoms with E-state index in [0.29, 0.717) is 16.4 Å². The van der Waals surface area contributed by atoms with Crippen LogP contribution in [0.15, 0.2) is 57.2 Å². The van der Waals surface area contributed by atoms with Crippen molar-refractivity contribution in [2.24, 2.45) is 10.2 Å². The van der Waals surface area contributed by atoms with Gasteiger partial charge in [-0.1, -0.05) is 27.5 Å². The van der Waals surface area contributed by atoms with Crippen LogP contribution in [0.3, 0.4) is 0 Å². The fraction of sp³-hybridized carbons (Fsp3) is 0. The molecule has 3 nitrogen and oxygen atoms in total. The van der Waals surface area contributed by atoms with Crippen molar-refractivity contribution in [1.82, 2.24) is 0 Å². The molecule has 0 saturated carbocycles. The maximum absolute atomic E-state index is 9.56. The van der Waals surface area contributed by atoms with Gasteiger partial charge in [-0.25, -0.2) is 0 Å². The first-order chi connectivity index (χ1) is 8.15. The average Bonchev–Trinajstić information content (AvgIpc) is 2.32. The number of phenols is 1. The Balaban J connectivity index is 2.25. The SMILES string of the molecule is Oc1ccc(Br)cc1N=Nc1ccc(Cl)cc1. The third-order valence-corrected chi connectivity index (χ3v) is 2.78. The molecule has 17 heavy (non-hydrogen) atoms. The van der Waals surface area contributed by atoms with Gasteiger partial charge in [0.2, 0.25) is 0 Å². The molecule has 0 aliphatic rings. The summed E-state index contributed by atoms with van der Waals surface area (Å²) in [6.07, 6.45) is 0. The Morgan fingerprint density at radius 1 is 1.00 bits per heavy atom. The van der Waals surface area contributed by atoms with Gasteiger partial charge in [0.1, 0.15) is 11.4 Å². The van der Waals surface area contributed by atoms with Gasteiger partial charge in [-0.3, -0.25) is 0 Å². The summed E-state index contributed by atoms with van der Waals surface area (Å²) in [6.45, 7) is 0. The van der Waals surface area contributed by atoms with Crippen LogP contribution in [0.1, 0.15) is 0 Å². The van der Waals surface area contributed by atoms with Crippen molar-refractivity contribution in [3.63, 3.8) is 0 Å². The van der Waals surface area contributed by atoms with E-state index in [-0.39, 0.29) is 5.75 Å². The molecular weight excluding hydrogens is 304 g/mol. The van der Waals surface area contributed by atoms with Gasteiger partial charge in [0.25, 0.3) is 0 Å². The molecular formula is C12H8BrClN2O. The van der Waals surface area contributed by atoms with Crippen molar-refractivity contribution >= 4 is 38.9 Å². The quantitative estimate of drug-likeness (QED) is 0.759. The number of phenolic OH excluding ortho intramolecular Hbond substituents is 1. The number of hydrogen-bond acceptors (Lipinski definition) is 3. The molecule has 5 heteroatoms. The van der Waals surface area contributed by atoms with Crippen LogP contribution >= 0.6 is 27.5 Å². The van der Waals surface area contributed by atoms with Crippen molar-refractivity contribution < 1.29 is 5.11 Å². The Morgan fingerprint density at radius 2 is 1.71 bits per heavy atom. The van der Waals surface area contributed by atoms with E-state index in [9.17, 15) is 5.11 Å². The molecule has 86 valence electrons. The standard InChI is InChI=1S/C12H8BrClN2O/c13-8-1-6-12(17)11(7-8)16-15-10-4-2-9(14)3-5-10/h1-7,17H. The lowest BCUT2D eigenvalue weighted by Gasteiger charge is -1.98. The van der Waals surface area contributed by atoms with E-state index >= 15 is 0 Å². The van der Waals surface area contributed by atoms with E-state index in [2.05, 4.69) is 26.2 Å². The maximum Gasteiger partial charge on any atom is 0.143 e. The van der Waals surface area contributed by atoms with Gasteiger partial charge in [-0.2, -0.15) is 5.11 Å². The van der Waals surface area contributed by atoms with Crippen molar-refractivity contribution in [2.75, 3.05) is 0 Å². The highest BCUT2D eigenvalue weighted by atomic mass is 79.9. The van der Waals surface area contributed by atoms with Gasteiger partial charge in [0, 0.05) is 9.50 Å². The first-order valence-electron chi connectivity index (χ1n) is 4.81. The predicted octanol–water partition coefficient (Wildman–Crippen LogP) is 5.22. The minimum Gasteiger partial charge on any atom is -0.506 e. The Bertz CT molecular complexity index is 555. The predicted molar refractivity (Wildman–Crippen MR) is 71.4 cm³/mol. The number of benzene rings is 2. The van der Waals surface area contributed by atoms with Crippen LogP contribution in [0, 0.1) is 0 Å². The normalized spacial score (nSPS) is 10.9. The second-order valence-electron chi connectivity index (χ2n) is 3.31. The smallest absolute Gasteiger partial charge is 0.143 e. The van der Waals surface area contributed by atoms with E-state index < -0.39 is 0 Å². The summed E-state index contributed by atoms with van der Waals surface area (Å²) in [7, 11) is 0. The molecule has 0 bridgehead atoms. The van der Waals surface area contributed by atoms with E-state index in [1.54, 1.807) is 42.5 Å². The fourth-order valence-corrected chi connectivity index (χ4v) is 1.67. The molecule has 2 aromatic rings. The number of hydrogen-bond donors (Lipinski definition) is 1. The lowest BCUT2D eigenvalue weighted by atomic mass is 10.3. The molecule has 0 aliphatic carbocycles. The Morgan fingerprint density at radius 3 is 2.41 bits per heavy atom. The highest BCUT2D eigenvalue weighted by molar-refractivity contribution is 9.10. The van der Waals surface area contributed by atoms with E-state index in [1.165, 1.54) is 0 Å². The molecule has 0 fully saturated rings. The summed E-state index contributed by atoms with van der Waals surface area (Å²) in [5.41, 5.74) is 1.09. The molecule has 0 aromatic heterocycles. The summed E-state index contributed by atoms with van der Waals surface area (Å²) < 4.78 is 0.834. The number of nitrogens with zero attached hydrogens (tertiary/aromatic N) is 2. The number of aromatic hydroxyl groups is 1. The second-order valence-corrected chi connectivity index (χ2v) is 4.66. The van der Waals surface area contributed by atoms with Crippen molar-refractivity contribution in [2.45, 2.75) is 0 Å². The van der Waals surface area contributed by atoms with Crippen LogP contribution in [0.2, 0.25) is 5.02 Å². The van der Waals surface area contributed by atoms with Gasteiger partial charge in [-0.15, -0.1) is 5.11 Å². The lowest BCUT2D eigenvalue weighted by molar-refractivity contribution is 0.476. The molecule has 0 heterocycles. The monoisotopic (exact) mass is 310 g/mol. The first kappa shape index (κ1) is 12.1. The van der Waals surface area contributed by atoms with Crippen molar-refractivity contribution in [1.29, 1.82) is 0 Å². The van der Waals surface area contributed by atoms with Gasteiger partial charge in [0.15, 0.2) is 0 Å². The zero-order chi connectivity index (χ0) is 12.3. The molecule has 2 aromatic carbocycles. The van der Waals surface area contributed by atoms with E-state index in [1.807, 2.05) is 0 Å². The molecule has 0 unspecified atom stereocenters. The molecule has 0 spiro atoms. The van der Waals surface area contributed by atoms with Crippen LogP contribution in [-0.4, -0.2) is 5.11 Å². The maximum atomic E-state index is 9.56. The van der Waals surface area contributed by atoms with Crippen LogP contribution < -0.4 is 0 Å². The summed E-state index contributed by atoms with van der Waals surface area (Å²) >= 11 is 9.06. The summed E-state index contributed by atoms with van der Waals surface area (Å²) in [4.78, 5) is 0. The minimum atomic E-state index is 0.0888. The minimum absolute atomic E-state index is 0.0888. The van der Waals surface area contributed by atoms with Gasteiger partial charge < -0.3 is 5.11 Å². The largest absolute Gasteiger partial charge is 0.506 e. The number of rotatable bonds is 2. The summed E-state index contributed by atoms with van der Waals surface area (Å²) in [5.74, 6) is 0.0888. The Kier molecular flexibility index (Phi) is 3.76. The van der Waals surface area contributed by atoms with E-state index in [0.717, 1.165) is 4.47 Å². The van der Waals surface area contributed by atoms with Crippen molar-refractivity contribution in [3.05, 3.63) is 52.0 Å². The van der Waals surface area contributed by atoms with Gasteiger partial charge >= 0.3 is 0 Å². The molecule has 2 rings (SSSR count). The summed E-state index contributed by atoms with van der Waals surface area (Å²) in [5, 5.41) is 18.2. The fourth-order valence-electron chi connectivity index (χ4n) is 1.20. The van der Waals surface area contributed by atoms with Gasteiger partial charge in [-0.05, 0) is 42.5 Å². The number of halogens is 2. The molecule has 0 radical (unpaired) electrons. The third-order valence-electron chi connectivity index (χ3n) is 2.04. The zero-order valence-corrected chi connectivity index (χ0v) is 11.0. The third kappa shape index (κ3) is 3.28. The highest BCUT2D eigenvalue weighted by Crippen LogP contribution is 2.31. The summed E-state index contributed by atoms with van der Waals surface area (Å²) in [6, 6.07) is 11.9. The first-order valence-corrected chi connectivity index (χ1v) is 5.98. The molecule has 0 aliphatic heterocycles.